The summed E-state index contributed by atoms with van der Waals surface area (Å²) >= 11 is -4.01. The Hall–Kier alpha value is 1.34. The third-order valence-corrected chi connectivity index (χ3v) is 0. The summed E-state index contributed by atoms with van der Waals surface area (Å²) in [6.45, 7) is 0. The monoisotopic (exact) mass is 302 g/mol. The van der Waals surface area contributed by atoms with Gasteiger partial charge in [0.2, 0.25) is 0 Å². The molecule has 0 aromatic heterocycles. The van der Waals surface area contributed by atoms with E-state index in [9.17, 15) is 0 Å². The summed E-state index contributed by atoms with van der Waals surface area (Å²) in [5.41, 5.74) is 0. The van der Waals surface area contributed by atoms with Gasteiger partial charge in [0.25, 0.3) is 21.1 Å². The van der Waals surface area contributed by atoms with Crippen molar-refractivity contribution < 1.29 is 55.3 Å². The van der Waals surface area contributed by atoms with Gasteiger partial charge in [-0.1, -0.05) is 0 Å². The highest BCUT2D eigenvalue weighted by atomic mass is 127. The first kappa shape index (κ1) is 9.60. The summed E-state index contributed by atoms with van der Waals surface area (Å²) in [5, 5.41) is 0. The van der Waals surface area contributed by atoms with Crippen molar-refractivity contribution in [3.05, 3.63) is 0 Å². The van der Waals surface area contributed by atoms with Gasteiger partial charge in [0.05, 0.1) is 0 Å². The molecular weight excluding hydrogens is 302 g/mol. The standard InChI is InChI=1S/IO3.I/c2-1(3)4;/q-1;+1. The second-order valence-corrected chi connectivity index (χ2v) is 1.27. The van der Waals surface area contributed by atoms with Gasteiger partial charge in [-0.3, -0.25) is 0 Å². The average Bonchev–Trinajstić information content (AvgIpc) is 0.811. The average molecular weight is 302 g/mol. The Balaban J connectivity index is 0. The molecule has 0 unspecified atom stereocenters. The summed E-state index contributed by atoms with van der Waals surface area (Å²) in [6, 6.07) is 0. The highest BCUT2D eigenvalue weighted by Crippen LogP contribution is -0.137. The van der Waals surface area contributed by atoms with E-state index in [0.717, 1.165) is 0 Å². The molecule has 0 bridgehead atoms. The summed E-state index contributed by atoms with van der Waals surface area (Å²) < 4.78 is 25.7. The summed E-state index contributed by atoms with van der Waals surface area (Å²) in [6.07, 6.45) is 0. The van der Waals surface area contributed by atoms with Crippen molar-refractivity contribution >= 4 is 0 Å². The van der Waals surface area contributed by atoms with Crippen molar-refractivity contribution in [1.82, 2.24) is 0 Å². The minimum atomic E-state index is -4.01. The molecule has 2 radical (unpaired) electrons. The molecule has 0 fully saturated rings. The fourth-order valence-electron chi connectivity index (χ4n) is 0. The van der Waals surface area contributed by atoms with E-state index in [0.29, 0.717) is 0 Å². The molecule has 0 aromatic carbocycles. The predicted molar refractivity (Wildman–Crippen MR) is 0 cm³/mol. The summed E-state index contributed by atoms with van der Waals surface area (Å²) in [4.78, 5) is 0. The molecule has 5 heavy (non-hydrogen) atoms. The van der Waals surface area contributed by atoms with Crippen molar-refractivity contribution in [3.63, 3.8) is 0 Å². The number of halogens is 2. The molecule has 5 heteroatoms. The maximum Gasteiger partial charge on any atom is 1.00 e. The number of hydrogen-bond acceptors (Lipinski definition) is 3. The normalized spacial score (nSPS) is 7.20. The van der Waals surface area contributed by atoms with Gasteiger partial charge in [-0.15, -0.1) is 0 Å². The van der Waals surface area contributed by atoms with Crippen LogP contribution in [0.5, 0.6) is 0 Å². The van der Waals surface area contributed by atoms with Gasteiger partial charge in [-0.05, 0) is 0 Å². The van der Waals surface area contributed by atoms with E-state index < -0.39 is 21.1 Å². The Kier molecular flexibility index (Phi) is 10.3. The molecule has 0 saturated heterocycles. The summed E-state index contributed by atoms with van der Waals surface area (Å²) in [5.74, 6) is 0. The van der Waals surface area contributed by atoms with Crippen LogP contribution in [0.2, 0.25) is 0 Å². The highest BCUT2D eigenvalue weighted by Gasteiger charge is 1.70. The van der Waals surface area contributed by atoms with Gasteiger partial charge in [0, 0.05) is 0 Å². The van der Waals surface area contributed by atoms with Crippen LogP contribution in [0.25, 0.3) is 0 Å². The van der Waals surface area contributed by atoms with E-state index in [-0.39, 0.29) is 24.0 Å². The molecule has 0 aliphatic rings. The van der Waals surface area contributed by atoms with Crippen LogP contribution in [-0.4, -0.2) is 0 Å². The maximum atomic E-state index is 8.57. The largest absolute Gasteiger partial charge is 1.00 e. The van der Waals surface area contributed by atoms with Gasteiger partial charge in [-0.25, -0.2) is 0 Å². The SMILES string of the molecule is [I+].[O-][I+2]([O-])[O-]. The van der Waals surface area contributed by atoms with Crippen molar-refractivity contribution in [2.24, 2.45) is 0 Å². The molecule has 3 nitrogen and oxygen atoms in total. The second-order valence-electron chi connectivity index (χ2n) is 0.189. The number of rotatable bonds is 0. The van der Waals surface area contributed by atoms with Crippen molar-refractivity contribution in [3.8, 4) is 0 Å². The van der Waals surface area contributed by atoms with Gasteiger partial charge in [-0.2, -0.15) is 0 Å². The molecule has 0 atom stereocenters. The Morgan fingerprint density at radius 1 is 1.00 bits per heavy atom. The quantitative estimate of drug-likeness (QED) is 0.417. The van der Waals surface area contributed by atoms with Crippen LogP contribution in [0.15, 0.2) is 0 Å². The lowest BCUT2D eigenvalue weighted by atomic mass is 16.0. The lowest BCUT2D eigenvalue weighted by Crippen LogP contribution is -4.05. The van der Waals surface area contributed by atoms with Gasteiger partial charge in [0.15, 0.2) is 0 Å². The van der Waals surface area contributed by atoms with E-state index in [1.165, 1.54) is 0 Å². The smallest absolute Gasteiger partial charge is 0.427 e. The minimum Gasteiger partial charge on any atom is -0.427 e. The van der Waals surface area contributed by atoms with Crippen LogP contribution in [-0.2, 0) is 0 Å². The lowest BCUT2D eigenvalue weighted by molar-refractivity contribution is -1.73. The zero-order valence-electron chi connectivity index (χ0n) is 1.98. The van der Waals surface area contributed by atoms with Gasteiger partial charge >= 0.3 is 24.0 Å². The van der Waals surface area contributed by atoms with Crippen LogP contribution in [0.1, 0.15) is 0 Å². The van der Waals surface area contributed by atoms with Gasteiger partial charge in [0.1, 0.15) is 0 Å². The fraction of sp³-hybridized carbons (Fsp3) is 0. The first-order chi connectivity index (χ1) is 1.73. The Labute approximate surface area is 55.1 Å². The van der Waals surface area contributed by atoms with E-state index >= 15 is 0 Å². The van der Waals surface area contributed by atoms with Crippen LogP contribution in [0.3, 0.4) is 0 Å². The first-order valence-corrected chi connectivity index (χ1v) is 3.11. The predicted octanol–water partition coefficient (Wildman–Crippen LogP) is -9.56. The molecule has 0 aliphatic carbocycles. The maximum absolute atomic E-state index is 8.57. The molecule has 0 aliphatic heterocycles. The van der Waals surface area contributed by atoms with Crippen molar-refractivity contribution in [2.45, 2.75) is 0 Å². The minimum absolute atomic E-state index is 0. The van der Waals surface area contributed by atoms with Gasteiger partial charge < -0.3 is 10.3 Å². The zero-order valence-corrected chi connectivity index (χ0v) is 6.30. The van der Waals surface area contributed by atoms with E-state index in [4.69, 9.17) is 10.3 Å². The number of hydrogen-bond donors (Lipinski definition) is 0. The van der Waals surface area contributed by atoms with Crippen molar-refractivity contribution in [2.75, 3.05) is 0 Å². The lowest BCUT2D eigenvalue weighted by Gasteiger charge is -1.84. The molecule has 0 spiro atoms. The fourth-order valence-corrected chi connectivity index (χ4v) is 0. The highest BCUT2D eigenvalue weighted by molar-refractivity contribution is 1.73. The first-order valence-electron chi connectivity index (χ1n) is 0.463. The zero-order chi connectivity index (χ0) is 3.58. The second kappa shape index (κ2) is 5.34. The molecule has 0 saturated carbocycles. The molecule has 0 amide bonds. The Morgan fingerprint density at radius 2 is 1.00 bits per heavy atom. The Morgan fingerprint density at radius 3 is 1.00 bits per heavy atom. The van der Waals surface area contributed by atoms with Crippen molar-refractivity contribution in [1.29, 1.82) is 0 Å². The molecular formula is I2O3. The van der Waals surface area contributed by atoms with E-state index in [1.807, 2.05) is 0 Å². The summed E-state index contributed by atoms with van der Waals surface area (Å²) in [7, 11) is 0. The van der Waals surface area contributed by atoms with Crippen LogP contribution in [0.4, 0.5) is 0 Å². The molecule has 0 aromatic rings. The molecule has 0 heterocycles. The Bertz CT molecular complexity index is 9.61. The molecule has 0 N–H and O–H groups in total. The van der Waals surface area contributed by atoms with Crippen LogP contribution in [0, 0.1) is 0 Å². The van der Waals surface area contributed by atoms with E-state index in [1.54, 1.807) is 0 Å². The molecule has 32 valence electrons. The molecule has 0 rings (SSSR count). The van der Waals surface area contributed by atoms with E-state index in [2.05, 4.69) is 0 Å². The van der Waals surface area contributed by atoms with Crippen LogP contribution >= 0.6 is 0 Å². The third-order valence-electron chi connectivity index (χ3n) is 0. The topological polar surface area (TPSA) is 69.2 Å². The third kappa shape index (κ3) is 33.2. The van der Waals surface area contributed by atoms with Crippen LogP contribution < -0.4 is 55.3 Å².